The third kappa shape index (κ3) is 3.12. The third-order valence-corrected chi connectivity index (χ3v) is 5.31. The number of rotatable bonds is 4. The van der Waals surface area contributed by atoms with Gasteiger partial charge in [0.05, 0.1) is 11.3 Å². The van der Waals surface area contributed by atoms with Crippen LogP contribution in [0, 0.1) is 17.8 Å². The minimum absolute atomic E-state index is 0.0719. The molecule has 2 fully saturated rings. The van der Waals surface area contributed by atoms with Gasteiger partial charge in [-0.3, -0.25) is 4.79 Å². The molecule has 3 unspecified atom stereocenters. The van der Waals surface area contributed by atoms with Gasteiger partial charge in [-0.05, 0) is 55.2 Å². The highest BCUT2D eigenvalue weighted by atomic mass is 79.9. The Morgan fingerprint density at radius 1 is 1.29 bits per heavy atom. The molecule has 0 aliphatic heterocycles. The van der Waals surface area contributed by atoms with Crippen molar-refractivity contribution in [2.75, 3.05) is 5.32 Å². The fourth-order valence-electron chi connectivity index (χ4n) is 3.87. The monoisotopic (exact) mass is 351 g/mol. The molecule has 0 spiro atoms. The zero-order valence-corrected chi connectivity index (χ0v) is 13.2. The Kier molecular flexibility index (Phi) is 4.02. The van der Waals surface area contributed by atoms with Gasteiger partial charge >= 0.3 is 5.97 Å². The molecule has 112 valence electrons. The van der Waals surface area contributed by atoms with E-state index in [1.165, 1.54) is 25.3 Å². The van der Waals surface area contributed by atoms with Gasteiger partial charge in [0.2, 0.25) is 5.91 Å². The summed E-state index contributed by atoms with van der Waals surface area (Å²) in [6.07, 6.45) is 5.51. The van der Waals surface area contributed by atoms with Gasteiger partial charge < -0.3 is 10.4 Å². The molecule has 2 aliphatic rings. The van der Waals surface area contributed by atoms with E-state index >= 15 is 0 Å². The van der Waals surface area contributed by atoms with E-state index in [0.717, 1.165) is 12.3 Å². The summed E-state index contributed by atoms with van der Waals surface area (Å²) in [7, 11) is 0. The number of hydrogen-bond acceptors (Lipinski definition) is 2. The maximum atomic E-state index is 12.2. The van der Waals surface area contributed by atoms with E-state index in [-0.39, 0.29) is 11.5 Å². The average molecular weight is 352 g/mol. The molecule has 1 aromatic rings. The Morgan fingerprint density at radius 3 is 2.71 bits per heavy atom. The number of halogens is 1. The van der Waals surface area contributed by atoms with Gasteiger partial charge in [-0.2, -0.15) is 0 Å². The molecule has 2 bridgehead atoms. The molecule has 0 heterocycles. The highest BCUT2D eigenvalue weighted by Crippen LogP contribution is 2.49. The van der Waals surface area contributed by atoms with Crippen LogP contribution in [0.4, 0.5) is 5.69 Å². The second-order valence-corrected chi connectivity index (χ2v) is 7.10. The van der Waals surface area contributed by atoms with Crippen molar-refractivity contribution in [1.82, 2.24) is 0 Å². The maximum absolute atomic E-state index is 12.2. The maximum Gasteiger partial charge on any atom is 0.337 e. The number of carbonyl (C=O) groups is 2. The first-order chi connectivity index (χ1) is 10.0. The van der Waals surface area contributed by atoms with Crippen LogP contribution in [0.3, 0.4) is 0 Å². The van der Waals surface area contributed by atoms with Crippen molar-refractivity contribution in [2.24, 2.45) is 17.8 Å². The fraction of sp³-hybridized carbons (Fsp3) is 0.500. The molecule has 2 aliphatic carbocycles. The van der Waals surface area contributed by atoms with E-state index in [2.05, 4.69) is 21.2 Å². The van der Waals surface area contributed by atoms with Crippen LogP contribution < -0.4 is 5.32 Å². The van der Waals surface area contributed by atoms with Gasteiger partial charge in [-0.25, -0.2) is 4.79 Å². The van der Waals surface area contributed by atoms with Crippen LogP contribution in [0.5, 0.6) is 0 Å². The number of nitrogens with one attached hydrogen (secondary N) is 1. The number of benzene rings is 1. The molecule has 5 heteroatoms. The minimum atomic E-state index is -1.04. The van der Waals surface area contributed by atoms with Gasteiger partial charge in [-0.1, -0.05) is 22.4 Å². The molecular weight excluding hydrogens is 334 g/mol. The Bertz CT molecular complexity index is 587. The molecule has 3 atom stereocenters. The van der Waals surface area contributed by atoms with Crippen LogP contribution in [-0.2, 0) is 4.79 Å². The fourth-order valence-corrected chi connectivity index (χ4v) is 4.23. The van der Waals surface area contributed by atoms with Gasteiger partial charge in [0.25, 0.3) is 0 Å². The predicted molar refractivity (Wildman–Crippen MR) is 83.3 cm³/mol. The first kappa shape index (κ1) is 14.6. The molecule has 2 saturated carbocycles. The van der Waals surface area contributed by atoms with Crippen LogP contribution in [0.15, 0.2) is 22.7 Å². The summed E-state index contributed by atoms with van der Waals surface area (Å²) in [5.74, 6) is 0.885. The van der Waals surface area contributed by atoms with Crippen molar-refractivity contribution < 1.29 is 14.7 Å². The molecule has 2 N–H and O–H groups in total. The number of carboxylic acids is 1. The van der Waals surface area contributed by atoms with E-state index in [4.69, 9.17) is 0 Å². The van der Waals surface area contributed by atoms with Crippen LogP contribution in [0.2, 0.25) is 0 Å². The molecule has 0 radical (unpaired) electrons. The van der Waals surface area contributed by atoms with Crippen LogP contribution >= 0.6 is 15.9 Å². The smallest absolute Gasteiger partial charge is 0.337 e. The quantitative estimate of drug-likeness (QED) is 0.863. The van der Waals surface area contributed by atoms with E-state index in [1.807, 2.05) is 0 Å². The summed E-state index contributed by atoms with van der Waals surface area (Å²) in [5, 5.41) is 12.0. The Morgan fingerprint density at radius 2 is 2.10 bits per heavy atom. The highest BCUT2D eigenvalue weighted by molar-refractivity contribution is 9.10. The van der Waals surface area contributed by atoms with Crippen molar-refractivity contribution >= 4 is 33.5 Å². The van der Waals surface area contributed by atoms with Crippen molar-refractivity contribution in [1.29, 1.82) is 0 Å². The number of aromatic carboxylic acids is 1. The second kappa shape index (κ2) is 5.79. The lowest BCUT2D eigenvalue weighted by Crippen LogP contribution is -2.21. The van der Waals surface area contributed by atoms with Crippen molar-refractivity contribution in [2.45, 2.75) is 32.1 Å². The number of carbonyl (C=O) groups excluding carboxylic acids is 1. The van der Waals surface area contributed by atoms with E-state index in [1.54, 1.807) is 12.1 Å². The predicted octanol–water partition coefficient (Wildman–Crippen LogP) is 3.91. The number of fused-ring (bicyclic) bond motifs is 2. The molecular formula is C16H18BrNO3. The molecule has 0 aromatic heterocycles. The standard InChI is InChI=1S/C16H18BrNO3/c17-12-3-4-14(13(8-12)16(20)21)18-15(19)7-11-6-9-1-2-10(11)5-9/h3-4,8-11H,1-2,5-7H2,(H,18,19)(H,20,21). The van der Waals surface area contributed by atoms with Gasteiger partial charge in [0, 0.05) is 10.9 Å². The topological polar surface area (TPSA) is 66.4 Å². The summed E-state index contributed by atoms with van der Waals surface area (Å²) >= 11 is 3.25. The number of carboxylic acid groups (broad SMARTS) is 1. The third-order valence-electron chi connectivity index (χ3n) is 4.82. The largest absolute Gasteiger partial charge is 0.478 e. The Hall–Kier alpha value is -1.36. The minimum Gasteiger partial charge on any atom is -0.478 e. The van der Waals surface area contributed by atoms with Crippen molar-refractivity contribution in [3.8, 4) is 0 Å². The van der Waals surface area contributed by atoms with Gasteiger partial charge in [0.1, 0.15) is 0 Å². The first-order valence-electron chi connectivity index (χ1n) is 7.35. The molecule has 1 amide bonds. The molecule has 4 nitrogen and oxygen atoms in total. The van der Waals surface area contributed by atoms with Crippen molar-refractivity contribution in [3.63, 3.8) is 0 Å². The lowest BCUT2D eigenvalue weighted by Gasteiger charge is -2.21. The summed E-state index contributed by atoms with van der Waals surface area (Å²) in [5.41, 5.74) is 0.490. The first-order valence-corrected chi connectivity index (χ1v) is 8.15. The van der Waals surface area contributed by atoms with Gasteiger partial charge in [-0.15, -0.1) is 0 Å². The van der Waals surface area contributed by atoms with Crippen molar-refractivity contribution in [3.05, 3.63) is 28.2 Å². The Labute approximate surface area is 132 Å². The van der Waals surface area contributed by atoms with Gasteiger partial charge in [0.15, 0.2) is 0 Å². The lowest BCUT2D eigenvalue weighted by atomic mass is 9.86. The number of amides is 1. The molecule has 1 aromatic carbocycles. The average Bonchev–Trinajstić information content (AvgIpc) is 3.02. The highest BCUT2D eigenvalue weighted by Gasteiger charge is 2.40. The zero-order valence-electron chi connectivity index (χ0n) is 11.6. The second-order valence-electron chi connectivity index (χ2n) is 6.18. The van der Waals surface area contributed by atoms with E-state index in [0.29, 0.717) is 28.4 Å². The molecule has 3 rings (SSSR count). The van der Waals surface area contributed by atoms with E-state index < -0.39 is 5.97 Å². The SMILES string of the molecule is O=C(CC1CC2CCC1C2)Nc1ccc(Br)cc1C(=O)O. The lowest BCUT2D eigenvalue weighted by molar-refractivity contribution is -0.117. The normalized spacial score (nSPS) is 26.8. The van der Waals surface area contributed by atoms with Crippen LogP contribution in [0.1, 0.15) is 42.5 Å². The molecule has 0 saturated heterocycles. The Balaban J connectivity index is 1.66. The van der Waals surface area contributed by atoms with Crippen LogP contribution in [-0.4, -0.2) is 17.0 Å². The van der Waals surface area contributed by atoms with Crippen LogP contribution in [0.25, 0.3) is 0 Å². The summed E-state index contributed by atoms with van der Waals surface area (Å²) in [6.45, 7) is 0. The summed E-state index contributed by atoms with van der Waals surface area (Å²) in [4.78, 5) is 23.4. The number of anilines is 1. The summed E-state index contributed by atoms with van der Waals surface area (Å²) < 4.78 is 0.686. The summed E-state index contributed by atoms with van der Waals surface area (Å²) in [6, 6.07) is 4.88. The number of hydrogen-bond donors (Lipinski definition) is 2. The zero-order chi connectivity index (χ0) is 15.0. The molecule has 21 heavy (non-hydrogen) atoms. The van der Waals surface area contributed by atoms with E-state index in [9.17, 15) is 14.7 Å².